The third-order valence-electron chi connectivity index (χ3n) is 3.59. The van der Waals surface area contributed by atoms with Gasteiger partial charge in [0.25, 0.3) is 10.0 Å². The minimum Gasteiger partial charge on any atom is -0.493 e. The second-order valence-electron chi connectivity index (χ2n) is 5.19. The summed E-state index contributed by atoms with van der Waals surface area (Å²) in [7, 11) is -3.84. The highest BCUT2D eigenvalue weighted by Gasteiger charge is 2.22. The van der Waals surface area contributed by atoms with Crippen molar-refractivity contribution in [1.29, 1.82) is 0 Å². The molecule has 0 amide bonds. The maximum Gasteiger partial charge on any atom is 0.263 e. The topological polar surface area (TPSA) is 68.3 Å². The Morgan fingerprint density at radius 2 is 2.14 bits per heavy atom. The van der Waals surface area contributed by atoms with Crippen LogP contribution < -0.4 is 9.46 Å². The fourth-order valence-corrected chi connectivity index (χ4v) is 3.39. The molecule has 0 radical (unpaired) electrons. The molecular formula is C15H15FN2O3S. The SMILES string of the molecule is C[C@H]1CCOc2cc(S(=O)(=O)Nc3cccc(F)n3)ccc21. The Balaban J connectivity index is 1.92. The van der Waals surface area contributed by atoms with Gasteiger partial charge >= 0.3 is 0 Å². The van der Waals surface area contributed by atoms with Gasteiger partial charge < -0.3 is 4.74 Å². The lowest BCUT2D eigenvalue weighted by Crippen LogP contribution is -2.16. The minimum atomic E-state index is -3.84. The van der Waals surface area contributed by atoms with Gasteiger partial charge in [0.1, 0.15) is 11.6 Å². The number of halogens is 1. The molecule has 5 nitrogen and oxygen atoms in total. The number of anilines is 1. The smallest absolute Gasteiger partial charge is 0.263 e. The van der Waals surface area contributed by atoms with E-state index in [1.54, 1.807) is 6.07 Å². The van der Waals surface area contributed by atoms with Crippen molar-refractivity contribution in [2.24, 2.45) is 0 Å². The van der Waals surface area contributed by atoms with Crippen molar-refractivity contribution in [2.75, 3.05) is 11.3 Å². The molecule has 1 aliphatic rings. The van der Waals surface area contributed by atoms with Gasteiger partial charge in [0, 0.05) is 6.07 Å². The lowest BCUT2D eigenvalue weighted by Gasteiger charge is -2.23. The second kappa shape index (κ2) is 5.57. The van der Waals surface area contributed by atoms with E-state index in [9.17, 15) is 12.8 Å². The molecule has 7 heteroatoms. The standard InChI is InChI=1S/C15H15FN2O3S/c1-10-7-8-21-13-9-11(5-6-12(10)13)22(19,20)18-15-4-2-3-14(16)17-15/h2-6,9-10H,7-8H2,1H3,(H,17,18)/t10-/m0/s1. The first-order chi connectivity index (χ1) is 10.5. The minimum absolute atomic E-state index is 0.0615. The van der Waals surface area contributed by atoms with Crippen LogP contribution in [-0.2, 0) is 10.0 Å². The molecule has 2 aromatic rings. The Bertz CT molecular complexity index is 808. The van der Waals surface area contributed by atoms with Crippen LogP contribution in [0, 0.1) is 5.95 Å². The third-order valence-corrected chi connectivity index (χ3v) is 4.94. The van der Waals surface area contributed by atoms with Gasteiger partial charge in [0.05, 0.1) is 11.5 Å². The Labute approximate surface area is 128 Å². The van der Waals surface area contributed by atoms with Gasteiger partial charge in [0.15, 0.2) is 0 Å². The average molecular weight is 322 g/mol. The van der Waals surface area contributed by atoms with Crippen LogP contribution in [0.3, 0.4) is 0 Å². The Hall–Kier alpha value is -2.15. The predicted molar refractivity (Wildman–Crippen MR) is 80.0 cm³/mol. The molecule has 0 unspecified atom stereocenters. The summed E-state index contributed by atoms with van der Waals surface area (Å²) in [6.07, 6.45) is 0.907. The van der Waals surface area contributed by atoms with E-state index in [0.29, 0.717) is 18.3 Å². The normalized spacial score (nSPS) is 17.5. The number of fused-ring (bicyclic) bond motifs is 1. The Morgan fingerprint density at radius 1 is 1.32 bits per heavy atom. The molecule has 0 saturated carbocycles. The molecule has 0 fully saturated rings. The molecule has 0 bridgehead atoms. The lowest BCUT2D eigenvalue weighted by molar-refractivity contribution is 0.271. The first kappa shape index (κ1) is 14.8. The van der Waals surface area contributed by atoms with Crippen LogP contribution >= 0.6 is 0 Å². The molecule has 2 heterocycles. The van der Waals surface area contributed by atoms with Gasteiger partial charge in [0.2, 0.25) is 5.95 Å². The van der Waals surface area contributed by atoms with Crippen molar-refractivity contribution in [2.45, 2.75) is 24.2 Å². The van der Waals surface area contributed by atoms with E-state index in [2.05, 4.69) is 16.6 Å². The largest absolute Gasteiger partial charge is 0.493 e. The van der Waals surface area contributed by atoms with Crippen LogP contribution in [0.4, 0.5) is 10.2 Å². The number of rotatable bonds is 3. The van der Waals surface area contributed by atoms with E-state index in [1.807, 2.05) is 0 Å². The third kappa shape index (κ3) is 2.89. The molecule has 1 aliphatic heterocycles. The summed E-state index contributed by atoms with van der Waals surface area (Å²) < 4.78 is 45.5. The number of sulfonamides is 1. The molecule has 0 aliphatic carbocycles. The Kier molecular flexibility index (Phi) is 3.74. The van der Waals surface area contributed by atoms with Gasteiger partial charge in [-0.15, -0.1) is 0 Å². The van der Waals surface area contributed by atoms with Crippen LogP contribution in [-0.4, -0.2) is 20.0 Å². The van der Waals surface area contributed by atoms with E-state index in [0.717, 1.165) is 18.1 Å². The van der Waals surface area contributed by atoms with Crippen LogP contribution in [0.2, 0.25) is 0 Å². The van der Waals surface area contributed by atoms with Crippen molar-refractivity contribution in [1.82, 2.24) is 4.98 Å². The van der Waals surface area contributed by atoms with E-state index in [-0.39, 0.29) is 10.7 Å². The summed E-state index contributed by atoms with van der Waals surface area (Å²) >= 11 is 0. The summed E-state index contributed by atoms with van der Waals surface area (Å²) in [5.74, 6) is 0.0991. The summed E-state index contributed by atoms with van der Waals surface area (Å²) in [5, 5.41) is 0. The molecule has 1 aromatic heterocycles. The van der Waals surface area contributed by atoms with Crippen LogP contribution in [0.15, 0.2) is 41.3 Å². The van der Waals surface area contributed by atoms with Crippen molar-refractivity contribution in [3.05, 3.63) is 47.9 Å². The van der Waals surface area contributed by atoms with E-state index in [1.165, 1.54) is 24.3 Å². The van der Waals surface area contributed by atoms with Crippen LogP contribution in [0.1, 0.15) is 24.8 Å². The molecule has 1 N–H and O–H groups in total. The monoisotopic (exact) mass is 322 g/mol. The van der Waals surface area contributed by atoms with Crippen molar-refractivity contribution in [3.8, 4) is 5.75 Å². The number of nitrogens with zero attached hydrogens (tertiary/aromatic N) is 1. The first-order valence-corrected chi connectivity index (χ1v) is 8.36. The number of pyridine rings is 1. The molecule has 116 valence electrons. The number of ether oxygens (including phenoxy) is 1. The van der Waals surface area contributed by atoms with Gasteiger partial charge in [-0.3, -0.25) is 4.72 Å². The van der Waals surface area contributed by atoms with Gasteiger partial charge in [-0.25, -0.2) is 13.4 Å². The average Bonchev–Trinajstić information content (AvgIpc) is 2.47. The van der Waals surface area contributed by atoms with Crippen LogP contribution in [0.25, 0.3) is 0 Å². The molecular weight excluding hydrogens is 307 g/mol. The molecule has 0 saturated heterocycles. The summed E-state index contributed by atoms with van der Waals surface area (Å²) in [4.78, 5) is 3.56. The highest BCUT2D eigenvalue weighted by Crippen LogP contribution is 2.35. The van der Waals surface area contributed by atoms with Gasteiger partial charge in [-0.05, 0) is 36.1 Å². The maximum absolute atomic E-state index is 13.0. The zero-order valence-electron chi connectivity index (χ0n) is 11.9. The predicted octanol–water partition coefficient (Wildman–Crippen LogP) is 2.91. The summed E-state index contributed by atoms with van der Waals surface area (Å²) in [5.41, 5.74) is 0.995. The fraction of sp³-hybridized carbons (Fsp3) is 0.267. The zero-order chi connectivity index (χ0) is 15.7. The van der Waals surface area contributed by atoms with E-state index < -0.39 is 16.0 Å². The molecule has 0 spiro atoms. The first-order valence-electron chi connectivity index (χ1n) is 6.88. The van der Waals surface area contributed by atoms with Crippen molar-refractivity contribution in [3.63, 3.8) is 0 Å². The van der Waals surface area contributed by atoms with Crippen molar-refractivity contribution >= 4 is 15.8 Å². The fourth-order valence-electron chi connectivity index (χ4n) is 2.38. The number of benzene rings is 1. The number of hydrogen-bond donors (Lipinski definition) is 1. The number of nitrogens with one attached hydrogen (secondary N) is 1. The number of aromatic nitrogens is 1. The molecule has 1 aromatic carbocycles. The van der Waals surface area contributed by atoms with Gasteiger partial charge in [-0.1, -0.05) is 19.1 Å². The molecule has 22 heavy (non-hydrogen) atoms. The van der Waals surface area contributed by atoms with Gasteiger partial charge in [-0.2, -0.15) is 4.39 Å². The maximum atomic E-state index is 13.0. The van der Waals surface area contributed by atoms with E-state index in [4.69, 9.17) is 4.74 Å². The quantitative estimate of drug-likeness (QED) is 0.882. The highest BCUT2D eigenvalue weighted by atomic mass is 32.2. The number of hydrogen-bond acceptors (Lipinski definition) is 4. The van der Waals surface area contributed by atoms with Crippen LogP contribution in [0.5, 0.6) is 5.75 Å². The summed E-state index contributed by atoms with van der Waals surface area (Å²) in [6, 6.07) is 8.69. The molecule has 1 atom stereocenters. The summed E-state index contributed by atoms with van der Waals surface area (Å²) in [6.45, 7) is 2.64. The van der Waals surface area contributed by atoms with E-state index >= 15 is 0 Å². The molecule has 3 rings (SSSR count). The lowest BCUT2D eigenvalue weighted by atomic mass is 9.95. The Morgan fingerprint density at radius 3 is 2.91 bits per heavy atom. The highest BCUT2D eigenvalue weighted by molar-refractivity contribution is 7.92. The van der Waals surface area contributed by atoms with Crippen molar-refractivity contribution < 1.29 is 17.5 Å². The second-order valence-corrected chi connectivity index (χ2v) is 6.87. The zero-order valence-corrected chi connectivity index (χ0v) is 12.7.